The van der Waals surface area contributed by atoms with Gasteiger partial charge in [0, 0.05) is 18.2 Å². The average molecular weight is 339 g/mol. The van der Waals surface area contributed by atoms with E-state index in [1.54, 1.807) is 12.1 Å². The Morgan fingerprint density at radius 1 is 1.12 bits per heavy atom. The summed E-state index contributed by atoms with van der Waals surface area (Å²) in [7, 11) is 1.33. The molecule has 2 aromatic rings. The van der Waals surface area contributed by atoms with Crippen LogP contribution in [0.2, 0.25) is 0 Å². The molecule has 0 spiro atoms. The highest BCUT2D eigenvalue weighted by atomic mass is 19.3. The number of ether oxygens (including phenoxy) is 2. The molecule has 4 nitrogen and oxygen atoms in total. The number of anilines is 1. The quantitative estimate of drug-likeness (QED) is 0.829. The fourth-order valence-corrected chi connectivity index (χ4v) is 2.07. The Morgan fingerprint density at radius 2 is 1.83 bits per heavy atom. The van der Waals surface area contributed by atoms with E-state index in [-0.39, 0.29) is 29.6 Å². The summed E-state index contributed by atoms with van der Waals surface area (Å²) in [5.74, 6) is -0.663. The number of carbonyl (C=O) groups is 1. The molecular weight excluding hydrogens is 323 g/mol. The number of alkyl halides is 2. The molecule has 2 rings (SSSR count). The second kappa shape index (κ2) is 8.24. The van der Waals surface area contributed by atoms with Gasteiger partial charge in [0.2, 0.25) is 5.91 Å². The summed E-state index contributed by atoms with van der Waals surface area (Å²) in [5.41, 5.74) is 1.14. The number of aryl methyl sites for hydroxylation is 1. The van der Waals surface area contributed by atoms with Gasteiger partial charge in [-0.3, -0.25) is 4.79 Å². The number of amides is 1. The molecule has 0 saturated carbocycles. The van der Waals surface area contributed by atoms with Gasteiger partial charge >= 0.3 is 6.61 Å². The van der Waals surface area contributed by atoms with Crippen LogP contribution in [0.5, 0.6) is 11.5 Å². The fourth-order valence-electron chi connectivity index (χ4n) is 2.07. The van der Waals surface area contributed by atoms with Crippen LogP contribution in [0.15, 0.2) is 42.5 Å². The van der Waals surface area contributed by atoms with Crippen molar-refractivity contribution in [1.82, 2.24) is 0 Å². The number of carbonyl (C=O) groups excluding carboxylic acids is 1. The zero-order valence-corrected chi connectivity index (χ0v) is 12.9. The molecule has 0 atom stereocenters. The van der Waals surface area contributed by atoms with Crippen LogP contribution in [0, 0.1) is 5.82 Å². The minimum atomic E-state index is -3.00. The van der Waals surface area contributed by atoms with Crippen LogP contribution in [-0.2, 0) is 11.2 Å². The molecule has 0 fully saturated rings. The van der Waals surface area contributed by atoms with Crippen molar-refractivity contribution in [3.05, 3.63) is 53.8 Å². The third-order valence-corrected chi connectivity index (χ3v) is 3.22. The van der Waals surface area contributed by atoms with Gasteiger partial charge in [0.15, 0.2) is 11.5 Å². The van der Waals surface area contributed by atoms with Crippen molar-refractivity contribution >= 4 is 11.6 Å². The molecule has 24 heavy (non-hydrogen) atoms. The number of methoxy groups -OCH3 is 1. The molecule has 0 aliphatic rings. The van der Waals surface area contributed by atoms with Crippen LogP contribution < -0.4 is 14.8 Å². The molecule has 0 unspecified atom stereocenters. The summed E-state index contributed by atoms with van der Waals surface area (Å²) in [6.45, 7) is -3.00. The summed E-state index contributed by atoms with van der Waals surface area (Å²) < 4.78 is 46.8. The first-order valence-corrected chi connectivity index (χ1v) is 7.15. The number of hydrogen-bond acceptors (Lipinski definition) is 3. The SMILES string of the molecule is COc1ccc(NC(=O)CCc2ccc(F)cc2)cc1OC(F)F. The minimum Gasteiger partial charge on any atom is -0.493 e. The highest BCUT2D eigenvalue weighted by molar-refractivity contribution is 5.91. The lowest BCUT2D eigenvalue weighted by atomic mass is 10.1. The zero-order chi connectivity index (χ0) is 17.5. The topological polar surface area (TPSA) is 47.6 Å². The number of nitrogens with one attached hydrogen (secondary N) is 1. The van der Waals surface area contributed by atoms with Gasteiger partial charge in [-0.05, 0) is 36.2 Å². The molecule has 0 aliphatic carbocycles. The van der Waals surface area contributed by atoms with Crippen LogP contribution in [0.3, 0.4) is 0 Å². The maximum atomic E-state index is 12.8. The number of benzene rings is 2. The summed E-state index contributed by atoms with van der Waals surface area (Å²) in [6.07, 6.45) is 0.603. The third kappa shape index (κ3) is 5.19. The van der Waals surface area contributed by atoms with E-state index in [0.717, 1.165) is 5.56 Å². The summed E-state index contributed by atoms with van der Waals surface area (Å²) >= 11 is 0. The first-order chi connectivity index (χ1) is 11.5. The van der Waals surface area contributed by atoms with E-state index in [4.69, 9.17) is 4.74 Å². The van der Waals surface area contributed by atoms with Crippen LogP contribution in [-0.4, -0.2) is 19.6 Å². The molecule has 0 bridgehead atoms. The van der Waals surface area contributed by atoms with Crippen LogP contribution in [0.4, 0.5) is 18.9 Å². The second-order valence-corrected chi connectivity index (χ2v) is 4.92. The highest BCUT2D eigenvalue weighted by Gasteiger charge is 2.12. The normalized spacial score (nSPS) is 10.5. The molecule has 0 aromatic heterocycles. The maximum absolute atomic E-state index is 12.8. The van der Waals surface area contributed by atoms with Crippen molar-refractivity contribution in [2.24, 2.45) is 0 Å². The summed E-state index contributed by atoms with van der Waals surface area (Å²) in [5, 5.41) is 2.60. The van der Waals surface area contributed by atoms with Crippen molar-refractivity contribution < 1.29 is 27.4 Å². The maximum Gasteiger partial charge on any atom is 0.387 e. The number of rotatable bonds is 7. The van der Waals surface area contributed by atoms with E-state index in [2.05, 4.69) is 10.1 Å². The number of halogens is 3. The van der Waals surface area contributed by atoms with Gasteiger partial charge in [-0.15, -0.1) is 0 Å². The van der Waals surface area contributed by atoms with Crippen molar-refractivity contribution in [1.29, 1.82) is 0 Å². The average Bonchev–Trinajstić information content (AvgIpc) is 2.54. The molecule has 128 valence electrons. The number of hydrogen-bond donors (Lipinski definition) is 1. The molecule has 7 heteroatoms. The van der Waals surface area contributed by atoms with E-state index in [0.29, 0.717) is 12.1 Å². The van der Waals surface area contributed by atoms with Gasteiger partial charge < -0.3 is 14.8 Å². The van der Waals surface area contributed by atoms with Crippen LogP contribution in [0.1, 0.15) is 12.0 Å². The molecule has 0 heterocycles. The lowest BCUT2D eigenvalue weighted by Gasteiger charge is -2.12. The van der Waals surface area contributed by atoms with Crippen molar-refractivity contribution in [2.75, 3.05) is 12.4 Å². The first kappa shape index (κ1) is 17.7. The minimum absolute atomic E-state index is 0.139. The van der Waals surface area contributed by atoms with E-state index in [9.17, 15) is 18.0 Å². The molecule has 1 N–H and O–H groups in total. The molecule has 1 amide bonds. The zero-order valence-electron chi connectivity index (χ0n) is 12.9. The Bertz CT molecular complexity index is 690. The predicted molar refractivity (Wildman–Crippen MR) is 83.0 cm³/mol. The Labute approximate surface area is 137 Å². The largest absolute Gasteiger partial charge is 0.493 e. The van der Waals surface area contributed by atoms with Gasteiger partial charge in [0.1, 0.15) is 5.82 Å². The molecule has 0 aliphatic heterocycles. The van der Waals surface area contributed by atoms with Crippen molar-refractivity contribution in [3.63, 3.8) is 0 Å². The van der Waals surface area contributed by atoms with Crippen LogP contribution in [0.25, 0.3) is 0 Å². The lowest BCUT2D eigenvalue weighted by molar-refractivity contribution is -0.116. The summed E-state index contributed by atoms with van der Waals surface area (Å²) in [4.78, 5) is 11.9. The summed E-state index contributed by atoms with van der Waals surface area (Å²) in [6, 6.07) is 10.1. The lowest BCUT2D eigenvalue weighted by Crippen LogP contribution is -2.13. The molecular formula is C17H16F3NO3. The van der Waals surface area contributed by atoms with Gasteiger partial charge in [0.25, 0.3) is 0 Å². The second-order valence-electron chi connectivity index (χ2n) is 4.92. The molecule has 2 aromatic carbocycles. The molecule has 0 radical (unpaired) electrons. The van der Waals surface area contributed by atoms with E-state index in [1.165, 1.54) is 37.4 Å². The van der Waals surface area contributed by atoms with Gasteiger partial charge in [-0.25, -0.2) is 4.39 Å². The van der Waals surface area contributed by atoms with Gasteiger partial charge in [-0.1, -0.05) is 12.1 Å². The Morgan fingerprint density at radius 3 is 2.46 bits per heavy atom. The Kier molecular flexibility index (Phi) is 6.06. The van der Waals surface area contributed by atoms with Crippen molar-refractivity contribution in [2.45, 2.75) is 19.5 Å². The van der Waals surface area contributed by atoms with Crippen LogP contribution >= 0.6 is 0 Å². The Hall–Kier alpha value is -2.70. The monoisotopic (exact) mass is 339 g/mol. The fraction of sp³-hybridized carbons (Fsp3) is 0.235. The van der Waals surface area contributed by atoms with Gasteiger partial charge in [0.05, 0.1) is 7.11 Å². The van der Waals surface area contributed by atoms with E-state index < -0.39 is 6.61 Å². The van der Waals surface area contributed by atoms with E-state index in [1.807, 2.05) is 0 Å². The smallest absolute Gasteiger partial charge is 0.387 e. The standard InChI is InChI=1S/C17H16F3NO3/c1-23-14-8-7-13(10-15(14)24-17(19)20)21-16(22)9-4-11-2-5-12(18)6-3-11/h2-3,5-8,10,17H,4,9H2,1H3,(H,21,22). The van der Waals surface area contributed by atoms with E-state index >= 15 is 0 Å². The third-order valence-electron chi connectivity index (χ3n) is 3.22. The van der Waals surface area contributed by atoms with Gasteiger partial charge in [-0.2, -0.15) is 8.78 Å². The highest BCUT2D eigenvalue weighted by Crippen LogP contribution is 2.31. The Balaban J connectivity index is 1.96. The first-order valence-electron chi connectivity index (χ1n) is 7.15. The predicted octanol–water partition coefficient (Wildman–Crippen LogP) is 4.01. The molecule has 0 saturated heterocycles. The van der Waals surface area contributed by atoms with Crippen molar-refractivity contribution in [3.8, 4) is 11.5 Å².